The van der Waals surface area contributed by atoms with Crippen LogP contribution in [0.5, 0.6) is 0 Å². The Morgan fingerprint density at radius 1 is 1.33 bits per heavy atom. The maximum absolute atomic E-state index is 13.6. The first-order chi connectivity index (χ1) is 14.3. The SMILES string of the molecule is NC[C@H]1[C@@H]2CN3C(=O)c4[nH]cc(Br)c4[C@@H]4N=C(N)N[C@]43[C@@H]2[C@@]2(NC(N)=N[C@@H]2O)[C@@H]1Cl. The number of halogens is 2. The highest BCUT2D eigenvalue weighted by Gasteiger charge is 2.79. The Bertz CT molecular complexity index is 1040. The lowest BCUT2D eigenvalue weighted by molar-refractivity contribution is -0.0124. The summed E-state index contributed by atoms with van der Waals surface area (Å²) in [4.78, 5) is 27.2. The first kappa shape index (κ1) is 18.7. The van der Waals surface area contributed by atoms with E-state index in [1.54, 1.807) is 11.1 Å². The largest absolute Gasteiger partial charge is 0.370 e. The van der Waals surface area contributed by atoms with Crippen LogP contribution >= 0.6 is 27.5 Å². The van der Waals surface area contributed by atoms with Crippen molar-refractivity contribution in [2.75, 3.05) is 13.1 Å². The summed E-state index contributed by atoms with van der Waals surface area (Å²) in [5.74, 6) is -0.555. The van der Waals surface area contributed by atoms with Crippen LogP contribution in [0.3, 0.4) is 0 Å². The maximum Gasteiger partial charge on any atom is 0.272 e. The number of nitrogens with zero attached hydrogens (tertiary/aromatic N) is 3. The zero-order chi connectivity index (χ0) is 21.2. The van der Waals surface area contributed by atoms with E-state index in [1.807, 2.05) is 0 Å². The molecule has 6 rings (SSSR count). The fourth-order valence-electron chi connectivity index (χ4n) is 6.64. The van der Waals surface area contributed by atoms with Crippen LogP contribution in [0.25, 0.3) is 0 Å². The van der Waals surface area contributed by atoms with E-state index in [0.29, 0.717) is 18.8 Å². The van der Waals surface area contributed by atoms with Crippen molar-refractivity contribution in [1.29, 1.82) is 0 Å². The Hall–Kier alpha value is -2.02. The zero-order valence-electron chi connectivity index (χ0n) is 15.6. The molecule has 10 N–H and O–H groups in total. The number of aliphatic imine (C=N–C) groups is 2. The number of aliphatic hydroxyl groups excluding tert-OH is 1. The van der Waals surface area contributed by atoms with Gasteiger partial charge in [0, 0.05) is 28.7 Å². The molecule has 0 unspecified atom stereocenters. The van der Waals surface area contributed by atoms with Gasteiger partial charge in [-0.25, -0.2) is 9.98 Å². The van der Waals surface area contributed by atoms with Crippen LogP contribution in [0.4, 0.5) is 0 Å². The van der Waals surface area contributed by atoms with E-state index in [2.05, 4.69) is 41.5 Å². The van der Waals surface area contributed by atoms with Crippen LogP contribution in [0.1, 0.15) is 22.1 Å². The van der Waals surface area contributed by atoms with Crippen molar-refractivity contribution in [2.24, 2.45) is 44.9 Å². The normalized spacial score (nSPS) is 45.5. The molecule has 1 amide bonds. The van der Waals surface area contributed by atoms with Crippen LogP contribution in [-0.2, 0) is 0 Å². The molecule has 2 spiro atoms. The van der Waals surface area contributed by atoms with Crippen LogP contribution < -0.4 is 27.8 Å². The lowest BCUT2D eigenvalue weighted by Gasteiger charge is -2.51. The third-order valence-corrected chi connectivity index (χ3v) is 8.90. The van der Waals surface area contributed by atoms with E-state index in [4.69, 9.17) is 28.8 Å². The number of aliphatic hydroxyl groups is 1. The summed E-state index contributed by atoms with van der Waals surface area (Å²) in [6, 6.07) is -0.506. The highest BCUT2D eigenvalue weighted by atomic mass is 79.9. The van der Waals surface area contributed by atoms with Crippen LogP contribution in [0.15, 0.2) is 20.7 Å². The van der Waals surface area contributed by atoms with Crippen molar-refractivity contribution in [3.63, 3.8) is 0 Å². The lowest BCUT2D eigenvalue weighted by atomic mass is 9.70. The molecule has 1 saturated carbocycles. The van der Waals surface area contributed by atoms with Gasteiger partial charge in [-0.3, -0.25) is 4.79 Å². The van der Waals surface area contributed by atoms with Gasteiger partial charge in [0.1, 0.15) is 22.9 Å². The van der Waals surface area contributed by atoms with Gasteiger partial charge in [0.2, 0.25) is 0 Å². The predicted molar refractivity (Wildman–Crippen MR) is 112 cm³/mol. The smallest absolute Gasteiger partial charge is 0.272 e. The van der Waals surface area contributed by atoms with Gasteiger partial charge in [-0.1, -0.05) is 0 Å². The van der Waals surface area contributed by atoms with E-state index in [9.17, 15) is 9.90 Å². The monoisotopic (exact) mass is 497 g/mol. The zero-order valence-corrected chi connectivity index (χ0v) is 18.0. The molecule has 5 heterocycles. The number of alkyl halides is 1. The Morgan fingerprint density at radius 3 is 2.73 bits per heavy atom. The van der Waals surface area contributed by atoms with Crippen molar-refractivity contribution in [2.45, 2.75) is 28.8 Å². The van der Waals surface area contributed by atoms with Gasteiger partial charge < -0.3 is 42.8 Å². The van der Waals surface area contributed by atoms with E-state index in [0.717, 1.165) is 10.0 Å². The molecule has 8 atom stereocenters. The van der Waals surface area contributed by atoms with Gasteiger partial charge in [-0.05, 0) is 34.3 Å². The Balaban J connectivity index is 1.61. The fraction of sp³-hybridized carbons (Fsp3) is 0.588. The highest BCUT2D eigenvalue weighted by Crippen LogP contribution is 2.64. The molecule has 30 heavy (non-hydrogen) atoms. The number of nitrogens with one attached hydrogen (secondary N) is 3. The molecule has 4 aliphatic heterocycles. The average molecular weight is 499 g/mol. The Labute approximate surface area is 184 Å². The molecule has 5 aliphatic rings. The second-order valence-corrected chi connectivity index (χ2v) is 9.92. The van der Waals surface area contributed by atoms with Gasteiger partial charge in [-0.15, -0.1) is 11.6 Å². The molecule has 160 valence electrons. The molecule has 11 nitrogen and oxygen atoms in total. The molecule has 1 saturated heterocycles. The Kier molecular flexibility index (Phi) is 3.50. The molecule has 0 bridgehead atoms. The molecule has 1 aliphatic carbocycles. The number of hydrogen-bond donors (Lipinski definition) is 7. The lowest BCUT2D eigenvalue weighted by Crippen LogP contribution is -2.73. The molecule has 2 fully saturated rings. The molecule has 0 aromatic carbocycles. The summed E-state index contributed by atoms with van der Waals surface area (Å²) in [6.07, 6.45) is 0.523. The summed E-state index contributed by atoms with van der Waals surface area (Å²) in [5.41, 5.74) is 17.3. The maximum atomic E-state index is 13.6. The van der Waals surface area contributed by atoms with Crippen molar-refractivity contribution in [3.05, 3.63) is 21.9 Å². The van der Waals surface area contributed by atoms with Crippen LogP contribution in [0, 0.1) is 17.8 Å². The first-order valence-corrected chi connectivity index (χ1v) is 10.9. The molecule has 13 heteroatoms. The number of amides is 1. The molecule has 1 aromatic rings. The van der Waals surface area contributed by atoms with Crippen molar-refractivity contribution in [1.82, 2.24) is 20.5 Å². The van der Waals surface area contributed by atoms with Gasteiger partial charge in [0.15, 0.2) is 18.1 Å². The van der Waals surface area contributed by atoms with E-state index in [1.165, 1.54) is 0 Å². The quantitative estimate of drug-likeness (QED) is 0.225. The number of carbonyl (C=O) groups excluding carboxylic acids is 1. The number of aromatic amines is 1. The van der Waals surface area contributed by atoms with Crippen LogP contribution in [0.2, 0.25) is 0 Å². The van der Waals surface area contributed by atoms with E-state index >= 15 is 0 Å². The number of H-pyrrole nitrogens is 1. The molecular formula is C17H21BrClN9O2. The first-order valence-electron chi connectivity index (χ1n) is 9.71. The fourth-order valence-corrected chi connectivity index (χ4v) is 7.76. The second kappa shape index (κ2) is 5.61. The summed E-state index contributed by atoms with van der Waals surface area (Å²) < 4.78 is 0.735. The van der Waals surface area contributed by atoms with Crippen molar-refractivity contribution in [3.8, 4) is 0 Å². The topological polar surface area (TPSA) is 183 Å². The molecule has 1 aromatic heterocycles. The number of fused-ring (bicyclic) bond motifs is 4. The second-order valence-electron chi connectivity index (χ2n) is 8.60. The van der Waals surface area contributed by atoms with Crippen molar-refractivity contribution < 1.29 is 9.90 Å². The van der Waals surface area contributed by atoms with Gasteiger partial charge >= 0.3 is 0 Å². The minimum Gasteiger partial charge on any atom is -0.370 e. The van der Waals surface area contributed by atoms with E-state index in [-0.39, 0.29) is 29.7 Å². The number of hydrogen-bond acceptors (Lipinski definition) is 9. The summed E-state index contributed by atoms with van der Waals surface area (Å²) in [7, 11) is 0. The number of carbonyl (C=O) groups is 1. The highest BCUT2D eigenvalue weighted by molar-refractivity contribution is 9.10. The Morgan fingerprint density at radius 2 is 2.07 bits per heavy atom. The summed E-state index contributed by atoms with van der Waals surface area (Å²) in [5, 5.41) is 17.0. The minimum absolute atomic E-state index is 0.105. The summed E-state index contributed by atoms with van der Waals surface area (Å²) >= 11 is 10.5. The molecule has 0 radical (unpaired) electrons. The number of guanidine groups is 2. The third kappa shape index (κ3) is 1.80. The number of rotatable bonds is 1. The van der Waals surface area contributed by atoms with Crippen molar-refractivity contribution >= 4 is 45.4 Å². The average Bonchev–Trinajstić information content (AvgIpc) is 3.43. The third-order valence-electron chi connectivity index (χ3n) is 7.56. The van der Waals surface area contributed by atoms with Crippen LogP contribution in [-0.4, -0.2) is 68.7 Å². The summed E-state index contributed by atoms with van der Waals surface area (Å²) in [6.45, 7) is 0.687. The number of nitrogens with two attached hydrogens (primary N) is 3. The van der Waals surface area contributed by atoms with E-state index < -0.39 is 34.8 Å². The van der Waals surface area contributed by atoms with Gasteiger partial charge in [-0.2, -0.15) is 0 Å². The van der Waals surface area contributed by atoms with Gasteiger partial charge in [0.25, 0.3) is 5.91 Å². The molecular weight excluding hydrogens is 478 g/mol. The predicted octanol–water partition coefficient (Wildman–Crippen LogP) is -1.69. The minimum atomic E-state index is -1.20. The van der Waals surface area contributed by atoms with Gasteiger partial charge in [0.05, 0.1) is 5.38 Å². The number of aromatic nitrogens is 1. The standard InChI is InChI=1S/C17H21BrClN9O2/c18-6-2-23-8-7(6)11-17(27-14(21)24-11)9-5(3-28(17)12(8)29)4(1-20)10(19)16(9)13(30)25-15(22)26-16/h2,4-5,9-11,13,23,30H,1,3,20H2,(H3,21,24,27)(H3,22,25,26)/t4-,5-,9-,10+,11-,13+,16+,17-/m0/s1.